The number of fused-ring (bicyclic) bond motifs is 5. The average Bonchev–Trinajstić information content (AvgIpc) is 3.59. The second-order valence-corrected chi connectivity index (χ2v) is 17.1. The van der Waals surface area contributed by atoms with E-state index in [2.05, 4.69) is 195 Å². The third kappa shape index (κ3) is 5.79. The second-order valence-electron chi connectivity index (χ2n) is 17.1. The van der Waals surface area contributed by atoms with Crippen LogP contribution in [0, 0.1) is 11.3 Å². The molecule has 0 aliphatic heterocycles. The Labute approximate surface area is 341 Å². The van der Waals surface area contributed by atoms with E-state index >= 15 is 0 Å². The number of nitrogens with zero attached hydrogens (tertiary/aromatic N) is 3. The molecule has 10 rings (SSSR count). The molecule has 1 aromatic heterocycles. The molecule has 9 aromatic rings. The molecule has 58 heavy (non-hydrogen) atoms. The Morgan fingerprint density at radius 3 is 1.90 bits per heavy atom. The number of nitriles is 1. The molecule has 0 spiro atoms. The van der Waals surface area contributed by atoms with Gasteiger partial charge in [0.15, 0.2) is 0 Å². The molecule has 0 fully saturated rings. The Morgan fingerprint density at radius 2 is 1.12 bits per heavy atom. The van der Waals surface area contributed by atoms with E-state index < -0.39 is 0 Å². The fourth-order valence-electron chi connectivity index (χ4n) is 9.49. The van der Waals surface area contributed by atoms with E-state index in [1.54, 1.807) is 0 Å². The third-order valence-corrected chi connectivity index (χ3v) is 12.7. The first-order valence-electron chi connectivity index (χ1n) is 20.4. The molecular weight excluding hydrogens is 703 g/mol. The highest BCUT2D eigenvalue weighted by atomic mass is 15.1. The number of aromatic nitrogens is 1. The summed E-state index contributed by atoms with van der Waals surface area (Å²) in [5.41, 5.74) is 15.3. The van der Waals surface area contributed by atoms with Crippen LogP contribution in [0.15, 0.2) is 176 Å². The predicted octanol–water partition coefficient (Wildman–Crippen LogP) is 15.0. The van der Waals surface area contributed by atoms with Crippen molar-refractivity contribution in [1.29, 1.82) is 5.26 Å². The van der Waals surface area contributed by atoms with E-state index in [1.165, 1.54) is 62.2 Å². The Kier molecular flexibility index (Phi) is 8.36. The number of anilines is 3. The first-order chi connectivity index (χ1) is 28.2. The van der Waals surface area contributed by atoms with Gasteiger partial charge < -0.3 is 9.47 Å². The van der Waals surface area contributed by atoms with Gasteiger partial charge in [-0.15, -0.1) is 0 Å². The van der Waals surface area contributed by atoms with Crippen LogP contribution in [0.2, 0.25) is 0 Å². The molecule has 1 aliphatic carbocycles. The Balaban J connectivity index is 1.18. The van der Waals surface area contributed by atoms with Crippen LogP contribution >= 0.6 is 0 Å². The average molecular weight is 748 g/mol. The lowest BCUT2D eigenvalue weighted by atomic mass is 9.63. The van der Waals surface area contributed by atoms with Crippen molar-refractivity contribution in [2.45, 2.75) is 51.4 Å². The molecule has 0 bridgehead atoms. The van der Waals surface area contributed by atoms with Crippen LogP contribution in [0.1, 0.15) is 57.2 Å². The fraction of sp³-hybridized carbons (Fsp3) is 0.145. The normalized spacial score (nSPS) is 14.3. The number of hydrogen-bond acceptors (Lipinski definition) is 2. The zero-order valence-corrected chi connectivity index (χ0v) is 33.5. The van der Waals surface area contributed by atoms with Gasteiger partial charge in [-0.1, -0.05) is 149 Å². The van der Waals surface area contributed by atoms with Crippen molar-refractivity contribution in [1.82, 2.24) is 4.57 Å². The summed E-state index contributed by atoms with van der Waals surface area (Å²) in [6.45, 7) is 9.62. The zero-order valence-electron chi connectivity index (χ0n) is 33.5. The monoisotopic (exact) mass is 747 g/mol. The minimum Gasteiger partial charge on any atom is -0.310 e. The standard InChI is InChI=1S/C55H45N3/c1-54(2)32-33-55(3,4)49-34-39(26-30-48(49)54)42-29-31-52(45-18-9-8-17-44(42)45)58-51-21-13-11-19-46(51)47-28-27-41(35-53(47)58)57(40-14-6-5-7-15-40)50-20-12-10-16-43(50)38-24-22-37(36-56)23-25-38/h5-31,34-35H,32-33H2,1-4H3. The summed E-state index contributed by atoms with van der Waals surface area (Å²) < 4.78 is 2.47. The number of rotatable bonds is 6. The van der Waals surface area contributed by atoms with Gasteiger partial charge >= 0.3 is 0 Å². The summed E-state index contributed by atoms with van der Waals surface area (Å²) in [4.78, 5) is 2.36. The van der Waals surface area contributed by atoms with Crippen LogP contribution in [-0.4, -0.2) is 4.57 Å². The van der Waals surface area contributed by atoms with Crippen LogP contribution < -0.4 is 4.90 Å². The highest BCUT2D eigenvalue weighted by Crippen LogP contribution is 2.48. The van der Waals surface area contributed by atoms with Gasteiger partial charge in [0.25, 0.3) is 0 Å². The molecule has 3 heteroatoms. The molecule has 1 heterocycles. The van der Waals surface area contributed by atoms with Crippen LogP contribution in [0.4, 0.5) is 17.1 Å². The minimum atomic E-state index is 0.132. The lowest BCUT2D eigenvalue weighted by Gasteiger charge is -2.42. The Morgan fingerprint density at radius 1 is 0.483 bits per heavy atom. The molecule has 0 radical (unpaired) electrons. The van der Waals surface area contributed by atoms with Crippen molar-refractivity contribution in [2.24, 2.45) is 0 Å². The molecule has 3 nitrogen and oxygen atoms in total. The van der Waals surface area contributed by atoms with Crippen LogP contribution in [-0.2, 0) is 10.8 Å². The van der Waals surface area contributed by atoms with Gasteiger partial charge in [0.1, 0.15) is 0 Å². The summed E-state index contributed by atoms with van der Waals surface area (Å²) in [7, 11) is 0. The van der Waals surface area contributed by atoms with E-state index in [1.807, 2.05) is 24.3 Å². The predicted molar refractivity (Wildman–Crippen MR) is 244 cm³/mol. The van der Waals surface area contributed by atoms with Gasteiger partial charge in [-0.2, -0.15) is 5.26 Å². The largest absolute Gasteiger partial charge is 0.310 e. The summed E-state index contributed by atoms with van der Waals surface area (Å²) in [5, 5.41) is 14.4. The van der Waals surface area contributed by atoms with E-state index in [0.717, 1.165) is 39.4 Å². The second kappa shape index (κ2) is 13.6. The Hall–Kier alpha value is -6.89. The van der Waals surface area contributed by atoms with E-state index in [-0.39, 0.29) is 10.8 Å². The number of hydrogen-bond donors (Lipinski definition) is 0. The topological polar surface area (TPSA) is 32.0 Å². The molecule has 0 saturated heterocycles. The van der Waals surface area contributed by atoms with Crippen molar-refractivity contribution in [3.05, 3.63) is 193 Å². The molecule has 0 amide bonds. The van der Waals surface area contributed by atoms with Crippen molar-refractivity contribution < 1.29 is 0 Å². The summed E-state index contributed by atoms with van der Waals surface area (Å²) >= 11 is 0. The van der Waals surface area contributed by atoms with Gasteiger partial charge in [-0.3, -0.25) is 0 Å². The molecule has 0 N–H and O–H groups in total. The molecule has 0 atom stereocenters. The molecule has 0 saturated carbocycles. The molecule has 1 aliphatic rings. The fourth-order valence-corrected chi connectivity index (χ4v) is 9.49. The molecular formula is C55H45N3. The van der Waals surface area contributed by atoms with Crippen molar-refractivity contribution in [2.75, 3.05) is 4.90 Å². The van der Waals surface area contributed by atoms with Gasteiger partial charge in [-0.25, -0.2) is 0 Å². The maximum atomic E-state index is 9.52. The summed E-state index contributed by atoms with van der Waals surface area (Å²) in [5.74, 6) is 0. The van der Waals surface area contributed by atoms with Crippen LogP contribution in [0.3, 0.4) is 0 Å². The smallest absolute Gasteiger partial charge is 0.0991 e. The number of benzene rings is 8. The van der Waals surface area contributed by atoms with Crippen LogP contribution in [0.5, 0.6) is 0 Å². The first kappa shape index (κ1) is 35.5. The maximum absolute atomic E-state index is 9.52. The SMILES string of the molecule is CC1(C)CCC(C)(C)c2cc(-c3ccc(-n4c5ccccc5c5ccc(N(c6ccccc6)c6ccccc6-c6ccc(C#N)cc6)cc54)c4ccccc34)ccc21. The highest BCUT2D eigenvalue weighted by Gasteiger charge is 2.37. The lowest BCUT2D eigenvalue weighted by Crippen LogP contribution is -2.33. The summed E-state index contributed by atoms with van der Waals surface area (Å²) in [6, 6.07) is 65.8. The zero-order chi connectivity index (χ0) is 39.6. The Bertz CT molecular complexity index is 3070. The molecule has 0 unspecified atom stereocenters. The van der Waals surface area contributed by atoms with Crippen molar-refractivity contribution in [3.63, 3.8) is 0 Å². The van der Waals surface area contributed by atoms with E-state index in [9.17, 15) is 5.26 Å². The van der Waals surface area contributed by atoms with Crippen molar-refractivity contribution >= 4 is 49.6 Å². The third-order valence-electron chi connectivity index (χ3n) is 12.7. The van der Waals surface area contributed by atoms with Gasteiger partial charge in [0, 0.05) is 33.1 Å². The van der Waals surface area contributed by atoms with E-state index in [0.29, 0.717) is 5.56 Å². The number of para-hydroxylation sites is 3. The highest BCUT2D eigenvalue weighted by molar-refractivity contribution is 6.12. The summed E-state index contributed by atoms with van der Waals surface area (Å²) in [6.07, 6.45) is 2.39. The van der Waals surface area contributed by atoms with Gasteiger partial charge in [-0.05, 0) is 111 Å². The maximum Gasteiger partial charge on any atom is 0.0991 e. The minimum absolute atomic E-state index is 0.132. The van der Waals surface area contributed by atoms with Gasteiger partial charge in [0.2, 0.25) is 0 Å². The van der Waals surface area contributed by atoms with Crippen molar-refractivity contribution in [3.8, 4) is 34.0 Å². The lowest BCUT2D eigenvalue weighted by molar-refractivity contribution is 0.332. The molecule has 8 aromatic carbocycles. The van der Waals surface area contributed by atoms with E-state index in [4.69, 9.17) is 0 Å². The quantitative estimate of drug-likeness (QED) is 0.170. The van der Waals surface area contributed by atoms with Crippen LogP contribution in [0.25, 0.3) is 60.5 Å². The molecule has 280 valence electrons. The first-order valence-corrected chi connectivity index (χ1v) is 20.4. The van der Waals surface area contributed by atoms with Gasteiger partial charge in [0.05, 0.1) is 34.0 Å².